The molecule has 1 atom stereocenters. The number of halogens is 1. The third-order valence-electron chi connectivity index (χ3n) is 6.08. The van der Waals surface area contributed by atoms with E-state index in [-0.39, 0.29) is 23.5 Å². The zero-order valence-corrected chi connectivity index (χ0v) is 20.5. The minimum absolute atomic E-state index is 0.102. The Kier molecular flexibility index (Phi) is 6.12. The van der Waals surface area contributed by atoms with Gasteiger partial charge in [-0.1, -0.05) is 24.6 Å². The molecule has 0 radical (unpaired) electrons. The average Bonchev–Trinajstić information content (AvgIpc) is 3.60. The number of aromatic nitrogens is 7. The van der Waals surface area contributed by atoms with Crippen LogP contribution in [0.3, 0.4) is 0 Å². The second-order valence-electron chi connectivity index (χ2n) is 8.51. The summed E-state index contributed by atoms with van der Waals surface area (Å²) in [5, 5.41) is 8.77. The molecule has 1 aromatic carbocycles. The Bertz CT molecular complexity index is 1460. The molecule has 0 spiro atoms. The van der Waals surface area contributed by atoms with Crippen LogP contribution >= 0.6 is 11.6 Å². The SMILES string of the molecule is CC[C@H](Nc1ncnc(N)c1-c1nc(COC)n(C)n1)c1nc2cccc(Cl)c2c(=O)n1C1CC1. The number of aryl methyl sites for hydroxylation is 1. The number of methoxy groups -OCH3 is 1. The Balaban J connectivity index is 1.61. The van der Waals surface area contributed by atoms with Crippen molar-refractivity contribution in [1.29, 1.82) is 0 Å². The van der Waals surface area contributed by atoms with Gasteiger partial charge in [-0.15, -0.1) is 0 Å². The van der Waals surface area contributed by atoms with Gasteiger partial charge < -0.3 is 15.8 Å². The van der Waals surface area contributed by atoms with Crippen LogP contribution in [0.1, 0.15) is 49.9 Å². The number of fused-ring (bicyclic) bond motifs is 1. The summed E-state index contributed by atoms with van der Waals surface area (Å²) in [6, 6.07) is 5.09. The molecule has 3 aromatic heterocycles. The molecule has 11 nitrogen and oxygen atoms in total. The van der Waals surface area contributed by atoms with E-state index in [1.807, 2.05) is 6.92 Å². The minimum atomic E-state index is -0.332. The molecular weight excluding hydrogens is 470 g/mol. The first-order valence-electron chi connectivity index (χ1n) is 11.4. The summed E-state index contributed by atoms with van der Waals surface area (Å²) in [5.74, 6) is 2.35. The molecule has 5 rings (SSSR count). The predicted octanol–water partition coefficient (Wildman–Crippen LogP) is 3.26. The molecule has 0 amide bonds. The van der Waals surface area contributed by atoms with Crippen molar-refractivity contribution in [2.75, 3.05) is 18.2 Å². The summed E-state index contributed by atoms with van der Waals surface area (Å²) in [5.41, 5.74) is 7.16. The van der Waals surface area contributed by atoms with E-state index >= 15 is 0 Å². The lowest BCUT2D eigenvalue weighted by molar-refractivity contribution is 0.174. The highest BCUT2D eigenvalue weighted by Crippen LogP contribution is 2.38. The Labute approximate surface area is 206 Å². The summed E-state index contributed by atoms with van der Waals surface area (Å²) in [6.45, 7) is 2.32. The third kappa shape index (κ3) is 4.21. The number of nitrogen functional groups attached to an aromatic ring is 1. The number of anilines is 2. The number of rotatable bonds is 8. The van der Waals surface area contributed by atoms with Gasteiger partial charge in [0.25, 0.3) is 5.56 Å². The maximum absolute atomic E-state index is 13.5. The quantitative estimate of drug-likeness (QED) is 0.377. The first-order valence-corrected chi connectivity index (χ1v) is 11.8. The number of nitrogens with zero attached hydrogens (tertiary/aromatic N) is 7. The maximum atomic E-state index is 13.5. The van der Waals surface area contributed by atoms with Gasteiger partial charge in [0.2, 0.25) is 0 Å². The smallest absolute Gasteiger partial charge is 0.263 e. The highest BCUT2D eigenvalue weighted by atomic mass is 35.5. The summed E-state index contributed by atoms with van der Waals surface area (Å²) in [4.78, 5) is 31.5. The molecule has 3 N–H and O–H groups in total. The second-order valence-corrected chi connectivity index (χ2v) is 8.91. The minimum Gasteiger partial charge on any atom is -0.383 e. The summed E-state index contributed by atoms with van der Waals surface area (Å²) in [7, 11) is 3.38. The van der Waals surface area contributed by atoms with Crippen molar-refractivity contribution in [3.05, 3.63) is 51.6 Å². The second kappa shape index (κ2) is 9.23. The van der Waals surface area contributed by atoms with Crippen molar-refractivity contribution < 1.29 is 4.74 Å². The van der Waals surface area contributed by atoms with Gasteiger partial charge in [-0.05, 0) is 31.4 Å². The maximum Gasteiger partial charge on any atom is 0.263 e. The summed E-state index contributed by atoms with van der Waals surface area (Å²) < 4.78 is 8.61. The topological polar surface area (TPSA) is 139 Å². The number of hydrogen-bond acceptors (Lipinski definition) is 9. The van der Waals surface area contributed by atoms with Crippen LogP contribution in [0.2, 0.25) is 5.02 Å². The normalized spacial score (nSPS) is 14.4. The monoisotopic (exact) mass is 495 g/mol. The number of benzene rings is 1. The van der Waals surface area contributed by atoms with Crippen molar-refractivity contribution in [2.45, 2.75) is 44.9 Å². The molecule has 1 aliphatic carbocycles. The Morgan fingerprint density at radius 1 is 1.29 bits per heavy atom. The van der Waals surface area contributed by atoms with Gasteiger partial charge in [-0.3, -0.25) is 14.0 Å². The van der Waals surface area contributed by atoms with E-state index in [2.05, 4.69) is 25.4 Å². The van der Waals surface area contributed by atoms with Crippen LogP contribution in [0, 0.1) is 0 Å². The van der Waals surface area contributed by atoms with Gasteiger partial charge in [-0.2, -0.15) is 5.10 Å². The van der Waals surface area contributed by atoms with Crippen molar-refractivity contribution in [3.8, 4) is 11.4 Å². The van der Waals surface area contributed by atoms with E-state index in [0.29, 0.717) is 57.8 Å². The van der Waals surface area contributed by atoms with Crippen LogP contribution in [-0.4, -0.2) is 41.4 Å². The highest BCUT2D eigenvalue weighted by Gasteiger charge is 2.32. The average molecular weight is 496 g/mol. The van der Waals surface area contributed by atoms with Crippen LogP contribution in [-0.2, 0) is 18.4 Å². The van der Waals surface area contributed by atoms with Crippen LogP contribution in [0.15, 0.2) is 29.3 Å². The Morgan fingerprint density at radius 2 is 2.09 bits per heavy atom. The first-order chi connectivity index (χ1) is 16.9. The van der Waals surface area contributed by atoms with Crippen LogP contribution in [0.25, 0.3) is 22.3 Å². The molecule has 0 bridgehead atoms. The molecule has 0 saturated heterocycles. The molecule has 4 aromatic rings. The largest absolute Gasteiger partial charge is 0.383 e. The van der Waals surface area contributed by atoms with Gasteiger partial charge >= 0.3 is 0 Å². The third-order valence-corrected chi connectivity index (χ3v) is 6.39. The molecule has 1 fully saturated rings. The van der Waals surface area contributed by atoms with E-state index < -0.39 is 0 Å². The molecule has 35 heavy (non-hydrogen) atoms. The van der Waals surface area contributed by atoms with Gasteiger partial charge in [0.15, 0.2) is 11.6 Å². The van der Waals surface area contributed by atoms with E-state index in [0.717, 1.165) is 12.8 Å². The van der Waals surface area contributed by atoms with Crippen LogP contribution < -0.4 is 16.6 Å². The number of nitrogens with one attached hydrogen (secondary N) is 1. The van der Waals surface area contributed by atoms with Crippen molar-refractivity contribution in [3.63, 3.8) is 0 Å². The Morgan fingerprint density at radius 3 is 2.80 bits per heavy atom. The fraction of sp³-hybridized carbons (Fsp3) is 0.391. The summed E-state index contributed by atoms with van der Waals surface area (Å²) in [6.07, 6.45) is 3.87. The number of hydrogen-bond donors (Lipinski definition) is 2. The van der Waals surface area contributed by atoms with Crippen LogP contribution in [0.4, 0.5) is 11.6 Å². The van der Waals surface area contributed by atoms with Gasteiger partial charge in [0.1, 0.15) is 36.0 Å². The number of nitrogens with two attached hydrogens (primary N) is 1. The van der Waals surface area contributed by atoms with Crippen molar-refractivity contribution >= 4 is 34.1 Å². The molecule has 3 heterocycles. The fourth-order valence-electron chi connectivity index (χ4n) is 4.17. The van der Waals surface area contributed by atoms with Crippen molar-refractivity contribution in [2.24, 2.45) is 7.05 Å². The molecule has 1 saturated carbocycles. The lowest BCUT2D eigenvalue weighted by Gasteiger charge is -2.23. The van der Waals surface area contributed by atoms with Gasteiger partial charge in [-0.25, -0.2) is 19.9 Å². The standard InChI is InChI=1S/C23H26ClN9O2/c1-4-14(22-29-15-7-5-6-13(24)17(15)23(34)33(22)12-8-9-12)28-20-18(19(25)26-11-27-20)21-30-16(10-35-3)32(2)31-21/h5-7,11-12,14H,4,8-10H2,1-3H3,(H3,25,26,27,28)/t14-/m0/s1. The van der Waals surface area contributed by atoms with E-state index in [1.165, 1.54) is 6.33 Å². The highest BCUT2D eigenvalue weighted by molar-refractivity contribution is 6.35. The molecule has 182 valence electrons. The lowest BCUT2D eigenvalue weighted by atomic mass is 10.1. The van der Waals surface area contributed by atoms with Crippen LogP contribution in [0.5, 0.6) is 0 Å². The van der Waals surface area contributed by atoms with E-state index in [4.69, 9.17) is 27.1 Å². The van der Waals surface area contributed by atoms with E-state index in [9.17, 15) is 4.79 Å². The number of ether oxygens (including phenoxy) is 1. The molecule has 12 heteroatoms. The molecule has 0 unspecified atom stereocenters. The van der Waals surface area contributed by atoms with Gasteiger partial charge in [0.05, 0.1) is 22.0 Å². The first kappa shape index (κ1) is 23.2. The molecule has 1 aliphatic rings. The van der Waals surface area contributed by atoms with Gasteiger partial charge in [0, 0.05) is 20.2 Å². The van der Waals surface area contributed by atoms with Crippen molar-refractivity contribution in [1.82, 2.24) is 34.3 Å². The molecule has 0 aliphatic heterocycles. The van der Waals surface area contributed by atoms with E-state index in [1.54, 1.807) is 41.6 Å². The molecular formula is C23H26ClN9O2. The lowest BCUT2D eigenvalue weighted by Crippen LogP contribution is -2.29. The predicted molar refractivity (Wildman–Crippen MR) is 133 cm³/mol. The Hall–Kier alpha value is -3.57. The summed E-state index contributed by atoms with van der Waals surface area (Å²) >= 11 is 6.37. The zero-order chi connectivity index (χ0) is 24.7. The zero-order valence-electron chi connectivity index (χ0n) is 19.7. The fourth-order valence-corrected chi connectivity index (χ4v) is 4.42.